The van der Waals surface area contributed by atoms with Gasteiger partial charge in [-0.05, 0) is 24.3 Å². The molecule has 0 saturated heterocycles. The third-order valence-corrected chi connectivity index (χ3v) is 4.20. The lowest BCUT2D eigenvalue weighted by Crippen LogP contribution is -2.18. The van der Waals surface area contributed by atoms with Gasteiger partial charge in [-0.2, -0.15) is 0 Å². The van der Waals surface area contributed by atoms with Gasteiger partial charge in [-0.3, -0.25) is 4.72 Å². The van der Waals surface area contributed by atoms with Crippen LogP contribution in [0.2, 0.25) is 0 Å². The molecular formula is C12H9NO4S. The molecule has 2 aromatic carbocycles. The Balaban J connectivity index is 2.39. The molecule has 5 nitrogen and oxygen atoms in total. The van der Waals surface area contributed by atoms with Gasteiger partial charge in [-0.1, -0.05) is 0 Å². The van der Waals surface area contributed by atoms with Gasteiger partial charge in [-0.15, -0.1) is 0 Å². The van der Waals surface area contributed by atoms with Gasteiger partial charge in [0.15, 0.2) is 0 Å². The third-order valence-electron chi connectivity index (χ3n) is 2.79. The van der Waals surface area contributed by atoms with Crippen molar-refractivity contribution in [3.63, 3.8) is 0 Å². The number of phenolic OH excluding ortho intramolecular Hbond substituents is 2. The first-order valence-corrected chi connectivity index (χ1v) is 6.65. The highest BCUT2D eigenvalue weighted by Crippen LogP contribution is 2.41. The molecule has 0 aromatic heterocycles. The largest absolute Gasteiger partial charge is 0.508 e. The Hall–Kier alpha value is -2.21. The molecular weight excluding hydrogens is 254 g/mol. The molecule has 0 atom stereocenters. The Labute approximate surface area is 103 Å². The Morgan fingerprint density at radius 1 is 0.889 bits per heavy atom. The minimum absolute atomic E-state index is 0.0151. The summed E-state index contributed by atoms with van der Waals surface area (Å²) < 4.78 is 26.4. The highest BCUT2D eigenvalue weighted by Gasteiger charge is 2.27. The molecule has 0 unspecified atom stereocenters. The zero-order valence-electron chi connectivity index (χ0n) is 9.08. The van der Waals surface area contributed by atoms with Gasteiger partial charge in [-0.25, -0.2) is 8.42 Å². The third kappa shape index (κ3) is 1.50. The van der Waals surface area contributed by atoms with Crippen molar-refractivity contribution < 1.29 is 18.6 Å². The molecule has 1 heterocycles. The van der Waals surface area contributed by atoms with E-state index in [2.05, 4.69) is 4.72 Å². The molecule has 0 spiro atoms. The zero-order valence-corrected chi connectivity index (χ0v) is 9.90. The highest BCUT2D eigenvalue weighted by atomic mass is 32.2. The van der Waals surface area contributed by atoms with Crippen LogP contribution in [-0.4, -0.2) is 18.6 Å². The van der Waals surface area contributed by atoms with Crippen LogP contribution in [0, 0.1) is 0 Å². The second-order valence-corrected chi connectivity index (χ2v) is 5.67. The van der Waals surface area contributed by atoms with E-state index in [1.165, 1.54) is 24.3 Å². The highest BCUT2D eigenvalue weighted by molar-refractivity contribution is 7.93. The molecule has 1 aliphatic rings. The topological polar surface area (TPSA) is 86.6 Å². The average Bonchev–Trinajstić information content (AvgIpc) is 2.28. The van der Waals surface area contributed by atoms with Crippen molar-refractivity contribution in [2.45, 2.75) is 4.90 Å². The van der Waals surface area contributed by atoms with E-state index in [9.17, 15) is 18.6 Å². The minimum atomic E-state index is -3.72. The molecule has 3 N–H and O–H groups in total. The lowest BCUT2D eigenvalue weighted by atomic mass is 10.0. The van der Waals surface area contributed by atoms with Crippen LogP contribution < -0.4 is 4.72 Å². The average molecular weight is 263 g/mol. The summed E-state index contributed by atoms with van der Waals surface area (Å²) in [5.74, 6) is -0.125. The van der Waals surface area contributed by atoms with Crippen molar-refractivity contribution in [2.75, 3.05) is 4.72 Å². The summed E-state index contributed by atoms with van der Waals surface area (Å²) in [5, 5.41) is 18.8. The number of fused-ring (bicyclic) bond motifs is 3. The molecule has 1 aliphatic heterocycles. The lowest BCUT2D eigenvalue weighted by Gasteiger charge is -2.21. The summed E-state index contributed by atoms with van der Waals surface area (Å²) in [4.78, 5) is 0.0284. The van der Waals surface area contributed by atoms with E-state index in [0.29, 0.717) is 16.8 Å². The molecule has 18 heavy (non-hydrogen) atoms. The van der Waals surface area contributed by atoms with E-state index in [-0.39, 0.29) is 16.4 Å². The number of benzene rings is 2. The van der Waals surface area contributed by atoms with Crippen LogP contribution >= 0.6 is 0 Å². The number of aromatic hydroxyl groups is 2. The fourth-order valence-electron chi connectivity index (χ4n) is 2.01. The second kappa shape index (κ2) is 3.39. The molecule has 0 bridgehead atoms. The van der Waals surface area contributed by atoms with Crippen LogP contribution in [-0.2, 0) is 10.0 Å². The fraction of sp³-hybridized carbons (Fsp3) is 0. The minimum Gasteiger partial charge on any atom is -0.508 e. The first kappa shape index (κ1) is 10.9. The number of phenols is 2. The summed E-state index contributed by atoms with van der Waals surface area (Å²) in [5.41, 5.74) is 1.49. The molecule has 2 aromatic rings. The summed E-state index contributed by atoms with van der Waals surface area (Å²) >= 11 is 0. The van der Waals surface area contributed by atoms with E-state index in [4.69, 9.17) is 0 Å². The van der Waals surface area contributed by atoms with E-state index in [0.717, 1.165) is 0 Å². The normalized spacial score (nSPS) is 15.3. The Morgan fingerprint density at radius 2 is 1.50 bits per heavy atom. The van der Waals surface area contributed by atoms with Crippen molar-refractivity contribution in [1.82, 2.24) is 0 Å². The van der Waals surface area contributed by atoms with Crippen LogP contribution in [0.3, 0.4) is 0 Å². The van der Waals surface area contributed by atoms with Crippen LogP contribution in [0.1, 0.15) is 0 Å². The summed E-state index contributed by atoms with van der Waals surface area (Å²) in [6.07, 6.45) is 0. The number of nitrogens with one attached hydrogen (secondary N) is 1. The van der Waals surface area contributed by atoms with Gasteiger partial charge in [0.1, 0.15) is 11.5 Å². The van der Waals surface area contributed by atoms with Gasteiger partial charge in [0.05, 0.1) is 10.6 Å². The predicted molar refractivity (Wildman–Crippen MR) is 66.0 cm³/mol. The molecule has 92 valence electrons. The van der Waals surface area contributed by atoms with E-state index < -0.39 is 10.0 Å². The number of rotatable bonds is 0. The predicted octanol–water partition coefficient (Wildman–Crippen LogP) is 1.88. The standard InChI is InChI=1S/C12H9NO4S/c14-7-1-3-9-10-4-2-8(15)6-12(10)18(16,17)13-11(9)5-7/h1-6,13-15H. The van der Waals surface area contributed by atoms with Gasteiger partial charge in [0.2, 0.25) is 0 Å². The summed E-state index contributed by atoms with van der Waals surface area (Å²) in [6.45, 7) is 0. The van der Waals surface area contributed by atoms with Crippen LogP contribution in [0.25, 0.3) is 11.1 Å². The summed E-state index contributed by atoms with van der Waals surface area (Å²) in [6, 6.07) is 8.63. The van der Waals surface area contributed by atoms with Gasteiger partial charge >= 0.3 is 0 Å². The van der Waals surface area contributed by atoms with E-state index in [1.54, 1.807) is 12.1 Å². The van der Waals surface area contributed by atoms with Crippen LogP contribution in [0.15, 0.2) is 41.3 Å². The van der Waals surface area contributed by atoms with Crippen molar-refractivity contribution >= 4 is 15.7 Å². The quantitative estimate of drug-likeness (QED) is 0.677. The van der Waals surface area contributed by atoms with Gasteiger partial charge in [0.25, 0.3) is 10.0 Å². The maximum absolute atomic E-state index is 12.0. The smallest absolute Gasteiger partial charge is 0.262 e. The van der Waals surface area contributed by atoms with Crippen LogP contribution in [0.5, 0.6) is 11.5 Å². The van der Waals surface area contributed by atoms with Crippen LogP contribution in [0.4, 0.5) is 5.69 Å². The number of anilines is 1. The number of hydrogen-bond acceptors (Lipinski definition) is 4. The van der Waals surface area contributed by atoms with Gasteiger partial charge in [0, 0.05) is 23.3 Å². The Bertz CT molecular complexity index is 753. The Morgan fingerprint density at radius 3 is 2.22 bits per heavy atom. The van der Waals surface area contributed by atoms with Crippen molar-refractivity contribution in [3.05, 3.63) is 36.4 Å². The maximum Gasteiger partial charge on any atom is 0.262 e. The Kier molecular flexibility index (Phi) is 2.06. The monoisotopic (exact) mass is 263 g/mol. The molecule has 3 rings (SSSR count). The SMILES string of the molecule is O=S1(=O)Nc2cc(O)ccc2-c2ccc(O)cc21. The molecule has 6 heteroatoms. The first-order valence-electron chi connectivity index (χ1n) is 5.16. The van der Waals surface area contributed by atoms with Crippen molar-refractivity contribution in [3.8, 4) is 22.6 Å². The number of sulfonamides is 1. The number of hydrogen-bond donors (Lipinski definition) is 3. The lowest BCUT2D eigenvalue weighted by molar-refractivity contribution is 0.473. The first-order chi connectivity index (χ1) is 8.47. The van der Waals surface area contributed by atoms with E-state index in [1.807, 2.05) is 0 Å². The molecule has 0 fully saturated rings. The van der Waals surface area contributed by atoms with E-state index >= 15 is 0 Å². The molecule has 0 saturated carbocycles. The summed E-state index contributed by atoms with van der Waals surface area (Å²) in [7, 11) is -3.72. The molecule has 0 amide bonds. The second-order valence-electron chi connectivity index (χ2n) is 4.02. The fourth-order valence-corrected chi connectivity index (χ4v) is 3.32. The van der Waals surface area contributed by atoms with Crippen molar-refractivity contribution in [1.29, 1.82) is 0 Å². The van der Waals surface area contributed by atoms with Crippen molar-refractivity contribution in [2.24, 2.45) is 0 Å². The zero-order chi connectivity index (χ0) is 12.9. The molecule has 0 aliphatic carbocycles. The maximum atomic E-state index is 12.0. The van der Waals surface area contributed by atoms with Gasteiger partial charge < -0.3 is 10.2 Å². The molecule has 0 radical (unpaired) electrons.